The monoisotopic (exact) mass is 582 g/mol. The molecule has 43 heavy (non-hydrogen) atoms. The first-order valence-electron chi connectivity index (χ1n) is 15.5. The van der Waals surface area contributed by atoms with E-state index in [4.69, 9.17) is 0 Å². The van der Waals surface area contributed by atoms with E-state index in [1.54, 1.807) is 11.0 Å². The lowest BCUT2D eigenvalue weighted by Crippen LogP contribution is -2.55. The molecule has 1 aromatic heterocycles. The number of aromatic nitrogens is 1. The van der Waals surface area contributed by atoms with E-state index in [0.29, 0.717) is 25.1 Å². The first-order chi connectivity index (χ1) is 20.9. The maximum Gasteiger partial charge on any atom is 0.289 e. The molecule has 6 rings (SSSR count). The van der Waals surface area contributed by atoms with Gasteiger partial charge < -0.3 is 20.5 Å². The van der Waals surface area contributed by atoms with Gasteiger partial charge in [-0.05, 0) is 61.6 Å². The SMILES string of the molecule is O=C(NCc1ccccc1)C(=O)C(CC1CCCCC1=O)NC(=O)C1C2CCCC2CN1C(=O)c1cc2ccccc2[nH]1. The minimum atomic E-state index is -1.15. The van der Waals surface area contributed by atoms with Crippen molar-refractivity contribution in [2.75, 3.05) is 6.54 Å². The van der Waals surface area contributed by atoms with E-state index in [1.165, 1.54) is 0 Å². The number of benzene rings is 2. The van der Waals surface area contributed by atoms with Crippen LogP contribution in [0.1, 0.15) is 67.4 Å². The van der Waals surface area contributed by atoms with E-state index < -0.39 is 35.6 Å². The molecule has 9 nitrogen and oxygen atoms in total. The number of fused-ring (bicyclic) bond motifs is 2. The third kappa shape index (κ3) is 6.12. The second-order valence-electron chi connectivity index (χ2n) is 12.3. The van der Waals surface area contributed by atoms with Crippen molar-refractivity contribution in [1.29, 1.82) is 0 Å². The summed E-state index contributed by atoms with van der Waals surface area (Å²) in [5.41, 5.74) is 2.10. The molecule has 3 amide bonds. The quantitative estimate of drug-likeness (QED) is 0.330. The normalized spacial score (nSPS) is 24.0. The van der Waals surface area contributed by atoms with Crippen molar-refractivity contribution in [3.8, 4) is 0 Å². The summed E-state index contributed by atoms with van der Waals surface area (Å²) in [4.78, 5) is 72.0. The van der Waals surface area contributed by atoms with Crippen molar-refractivity contribution in [3.05, 3.63) is 71.9 Å². The number of ketones is 2. The number of para-hydroxylation sites is 1. The lowest BCUT2D eigenvalue weighted by atomic mass is 9.82. The highest BCUT2D eigenvalue weighted by molar-refractivity contribution is 6.38. The summed E-state index contributed by atoms with van der Waals surface area (Å²) in [6, 6.07) is 16.8. The molecule has 1 saturated heterocycles. The van der Waals surface area contributed by atoms with Gasteiger partial charge in [-0.25, -0.2) is 0 Å². The largest absolute Gasteiger partial charge is 0.351 e. The van der Waals surface area contributed by atoms with E-state index in [9.17, 15) is 24.0 Å². The van der Waals surface area contributed by atoms with Crippen LogP contribution in [0.15, 0.2) is 60.7 Å². The summed E-state index contributed by atoms with van der Waals surface area (Å²) in [7, 11) is 0. The van der Waals surface area contributed by atoms with Crippen LogP contribution >= 0.6 is 0 Å². The summed E-state index contributed by atoms with van der Waals surface area (Å²) in [6.45, 7) is 0.641. The smallest absolute Gasteiger partial charge is 0.289 e. The van der Waals surface area contributed by atoms with Crippen LogP contribution in [0.4, 0.5) is 0 Å². The number of carbonyl (C=O) groups excluding carboxylic acids is 5. The third-order valence-corrected chi connectivity index (χ3v) is 9.53. The summed E-state index contributed by atoms with van der Waals surface area (Å²) in [6.07, 6.45) is 5.57. The molecule has 2 saturated carbocycles. The van der Waals surface area contributed by atoms with E-state index >= 15 is 0 Å². The minimum Gasteiger partial charge on any atom is -0.351 e. The molecule has 1 aliphatic heterocycles. The standard InChI is InChI=1S/C34H38N4O5/c39-29-16-7-5-12-23(29)18-27(31(40)33(42)35-19-21-9-2-1-3-10-21)37-32(41)30-25-14-8-13-24(25)20-38(30)34(43)28-17-22-11-4-6-15-26(22)36-28/h1-4,6,9-11,15,17,23-25,27,30,36H,5,7-8,12-14,16,18-20H2,(H,35,42)(H,37,41). The molecular formula is C34H38N4O5. The molecule has 9 heteroatoms. The highest BCUT2D eigenvalue weighted by Gasteiger charge is 2.50. The first kappa shape index (κ1) is 28.8. The molecule has 0 spiro atoms. The van der Waals surface area contributed by atoms with Crippen LogP contribution in [0.3, 0.4) is 0 Å². The van der Waals surface area contributed by atoms with Gasteiger partial charge in [0.05, 0.1) is 6.04 Å². The number of Topliss-reactive ketones (excluding diaryl/α,β-unsaturated/α-hetero) is 2. The van der Waals surface area contributed by atoms with E-state index in [0.717, 1.165) is 48.6 Å². The Morgan fingerprint density at radius 3 is 2.51 bits per heavy atom. The zero-order valence-electron chi connectivity index (χ0n) is 24.2. The van der Waals surface area contributed by atoms with Gasteiger partial charge in [-0.15, -0.1) is 0 Å². The number of hydrogen-bond acceptors (Lipinski definition) is 5. The molecule has 0 radical (unpaired) electrons. The fourth-order valence-corrected chi connectivity index (χ4v) is 7.29. The Morgan fingerprint density at radius 2 is 1.72 bits per heavy atom. The Balaban J connectivity index is 1.22. The number of nitrogens with zero attached hydrogens (tertiary/aromatic N) is 1. The van der Waals surface area contributed by atoms with Crippen LogP contribution in [-0.4, -0.2) is 57.8 Å². The molecule has 3 aromatic rings. The van der Waals surface area contributed by atoms with Crippen LogP contribution < -0.4 is 10.6 Å². The molecule has 2 heterocycles. The average molecular weight is 583 g/mol. The Kier molecular flexibility index (Phi) is 8.40. The molecule has 3 N–H and O–H groups in total. The van der Waals surface area contributed by atoms with Crippen LogP contribution in [0.5, 0.6) is 0 Å². The molecule has 224 valence electrons. The lowest BCUT2D eigenvalue weighted by molar-refractivity contribution is -0.141. The highest BCUT2D eigenvalue weighted by atomic mass is 16.2. The summed E-state index contributed by atoms with van der Waals surface area (Å²) in [5, 5.41) is 6.46. The third-order valence-electron chi connectivity index (χ3n) is 9.53. The molecular weight excluding hydrogens is 544 g/mol. The van der Waals surface area contributed by atoms with Crippen LogP contribution in [-0.2, 0) is 25.7 Å². The predicted octanol–water partition coefficient (Wildman–Crippen LogP) is 3.93. The first-order valence-corrected chi connectivity index (χ1v) is 15.5. The Hall–Kier alpha value is -4.27. The van der Waals surface area contributed by atoms with Crippen molar-refractivity contribution >= 4 is 40.2 Å². The van der Waals surface area contributed by atoms with Gasteiger partial charge in [-0.1, -0.05) is 61.4 Å². The van der Waals surface area contributed by atoms with E-state index in [2.05, 4.69) is 15.6 Å². The van der Waals surface area contributed by atoms with Gasteiger partial charge in [-0.3, -0.25) is 24.0 Å². The molecule has 0 bridgehead atoms. The number of rotatable bonds is 9. The number of carbonyl (C=O) groups is 5. The van der Waals surface area contributed by atoms with Crippen molar-refractivity contribution in [3.63, 3.8) is 0 Å². The number of amides is 3. The van der Waals surface area contributed by atoms with Crippen LogP contribution in [0, 0.1) is 17.8 Å². The fraction of sp³-hybridized carbons (Fsp3) is 0.441. The van der Waals surface area contributed by atoms with Gasteiger partial charge in [0.2, 0.25) is 11.7 Å². The summed E-state index contributed by atoms with van der Waals surface area (Å²) in [5.74, 6) is -2.40. The van der Waals surface area contributed by atoms with Crippen molar-refractivity contribution in [2.24, 2.45) is 17.8 Å². The minimum absolute atomic E-state index is 0.0210. The van der Waals surface area contributed by atoms with Gasteiger partial charge >= 0.3 is 0 Å². The maximum absolute atomic E-state index is 14.1. The number of H-pyrrole nitrogens is 1. The molecule has 2 aromatic carbocycles. The fourth-order valence-electron chi connectivity index (χ4n) is 7.29. The van der Waals surface area contributed by atoms with Crippen molar-refractivity contribution < 1.29 is 24.0 Å². The zero-order chi connectivity index (χ0) is 29.9. The highest BCUT2D eigenvalue weighted by Crippen LogP contribution is 2.43. The maximum atomic E-state index is 14.1. The van der Waals surface area contributed by atoms with Gasteiger partial charge in [0.15, 0.2) is 0 Å². The van der Waals surface area contributed by atoms with Gasteiger partial charge in [0.1, 0.15) is 17.5 Å². The predicted molar refractivity (Wildman–Crippen MR) is 161 cm³/mol. The average Bonchev–Trinajstić information content (AvgIpc) is 3.75. The van der Waals surface area contributed by atoms with Gasteiger partial charge in [0.25, 0.3) is 11.8 Å². The van der Waals surface area contributed by atoms with Crippen LogP contribution in [0.25, 0.3) is 10.9 Å². The molecule has 5 unspecified atom stereocenters. The molecule has 3 aliphatic rings. The zero-order valence-corrected chi connectivity index (χ0v) is 24.2. The Bertz CT molecular complexity index is 1500. The Labute approximate surface area is 250 Å². The van der Waals surface area contributed by atoms with Crippen LogP contribution in [0.2, 0.25) is 0 Å². The summed E-state index contributed by atoms with van der Waals surface area (Å²) < 4.78 is 0. The summed E-state index contributed by atoms with van der Waals surface area (Å²) >= 11 is 0. The van der Waals surface area contributed by atoms with Crippen molar-refractivity contribution in [2.45, 2.75) is 70.0 Å². The molecule has 5 atom stereocenters. The number of likely N-dealkylation sites (tertiary alicyclic amines) is 1. The topological polar surface area (TPSA) is 128 Å². The molecule has 2 aliphatic carbocycles. The van der Waals surface area contributed by atoms with E-state index in [-0.39, 0.29) is 36.5 Å². The number of hydrogen-bond donors (Lipinski definition) is 3. The number of nitrogens with one attached hydrogen (secondary N) is 3. The lowest BCUT2D eigenvalue weighted by Gasteiger charge is -2.30. The van der Waals surface area contributed by atoms with Gasteiger partial charge in [0, 0.05) is 36.3 Å². The van der Waals surface area contributed by atoms with Crippen molar-refractivity contribution in [1.82, 2.24) is 20.5 Å². The molecule has 3 fully saturated rings. The Morgan fingerprint density at radius 1 is 0.930 bits per heavy atom. The second-order valence-corrected chi connectivity index (χ2v) is 12.3. The second kappa shape index (κ2) is 12.5. The van der Waals surface area contributed by atoms with Gasteiger partial charge in [-0.2, -0.15) is 0 Å². The number of aromatic amines is 1. The van der Waals surface area contributed by atoms with E-state index in [1.807, 2.05) is 54.6 Å².